The zero-order valence-corrected chi connectivity index (χ0v) is 11.3. The third-order valence-electron chi connectivity index (χ3n) is 5.46. The first-order valence-electron chi connectivity index (χ1n) is 7.52. The number of rotatable bonds is 3. The standard InChI is InChI=1S/C15H22N4/c16-13-7-17-14(18-8-13)19-9-15-4-10-1-11(5-15)3-12(2-10)6-15/h7-8,10-12H,1-6,9,16H2,(H,17,18,19). The molecule has 0 aromatic carbocycles. The largest absolute Gasteiger partial charge is 0.396 e. The highest BCUT2D eigenvalue weighted by atomic mass is 15.1. The van der Waals surface area contributed by atoms with Crippen molar-refractivity contribution in [3.63, 3.8) is 0 Å². The molecule has 1 aromatic rings. The fourth-order valence-corrected chi connectivity index (χ4v) is 5.20. The maximum atomic E-state index is 5.62. The Morgan fingerprint density at radius 2 is 1.58 bits per heavy atom. The molecule has 5 rings (SSSR count). The van der Waals surface area contributed by atoms with Gasteiger partial charge >= 0.3 is 0 Å². The number of nitrogens with zero attached hydrogens (tertiary/aromatic N) is 2. The Bertz CT molecular complexity index is 432. The van der Waals surface area contributed by atoms with Gasteiger partial charge in [-0.3, -0.25) is 0 Å². The van der Waals surface area contributed by atoms with E-state index in [9.17, 15) is 0 Å². The van der Waals surface area contributed by atoms with Gasteiger partial charge in [0, 0.05) is 6.54 Å². The van der Waals surface area contributed by atoms with Crippen LogP contribution < -0.4 is 11.1 Å². The zero-order chi connectivity index (χ0) is 12.9. The predicted octanol–water partition coefficient (Wildman–Crippen LogP) is 2.69. The summed E-state index contributed by atoms with van der Waals surface area (Å²) in [5.74, 6) is 3.73. The molecule has 3 N–H and O–H groups in total. The molecule has 4 saturated carbocycles. The highest BCUT2D eigenvalue weighted by Gasteiger charge is 2.50. The number of anilines is 2. The Balaban J connectivity index is 1.46. The summed E-state index contributed by atoms with van der Waals surface area (Å²) in [6.45, 7) is 1.04. The van der Waals surface area contributed by atoms with Gasteiger partial charge in [0.05, 0.1) is 18.1 Å². The lowest BCUT2D eigenvalue weighted by Crippen LogP contribution is -2.49. The van der Waals surface area contributed by atoms with Gasteiger partial charge in [0.25, 0.3) is 0 Å². The second-order valence-electron chi connectivity index (χ2n) is 7.11. The number of hydrogen-bond acceptors (Lipinski definition) is 4. The van der Waals surface area contributed by atoms with Crippen molar-refractivity contribution in [1.29, 1.82) is 0 Å². The van der Waals surface area contributed by atoms with Gasteiger partial charge in [0.1, 0.15) is 0 Å². The van der Waals surface area contributed by atoms with Gasteiger partial charge in [-0.25, -0.2) is 9.97 Å². The van der Waals surface area contributed by atoms with Gasteiger partial charge < -0.3 is 11.1 Å². The first-order chi connectivity index (χ1) is 9.21. The van der Waals surface area contributed by atoms with Crippen LogP contribution in [-0.4, -0.2) is 16.5 Å². The van der Waals surface area contributed by atoms with Crippen molar-refractivity contribution >= 4 is 11.6 Å². The molecule has 0 saturated heterocycles. The van der Waals surface area contributed by atoms with Crippen molar-refractivity contribution in [2.45, 2.75) is 38.5 Å². The van der Waals surface area contributed by atoms with Gasteiger partial charge in [-0.1, -0.05) is 0 Å². The van der Waals surface area contributed by atoms with Crippen LogP contribution in [0.1, 0.15) is 38.5 Å². The summed E-state index contributed by atoms with van der Waals surface area (Å²) in [7, 11) is 0. The molecule has 4 fully saturated rings. The van der Waals surface area contributed by atoms with Crippen molar-refractivity contribution in [1.82, 2.24) is 9.97 Å². The van der Waals surface area contributed by atoms with E-state index in [4.69, 9.17) is 5.73 Å². The Morgan fingerprint density at radius 1 is 1.05 bits per heavy atom. The van der Waals surface area contributed by atoms with E-state index in [1.165, 1.54) is 38.5 Å². The first-order valence-corrected chi connectivity index (χ1v) is 7.52. The number of nitrogens with one attached hydrogen (secondary N) is 1. The monoisotopic (exact) mass is 258 g/mol. The van der Waals surface area contributed by atoms with Gasteiger partial charge in [0.2, 0.25) is 5.95 Å². The molecule has 1 heterocycles. The molecule has 4 bridgehead atoms. The molecule has 0 aliphatic heterocycles. The fraction of sp³-hybridized carbons (Fsp3) is 0.733. The normalized spacial score (nSPS) is 39.5. The maximum absolute atomic E-state index is 5.62. The molecule has 0 atom stereocenters. The third-order valence-corrected chi connectivity index (χ3v) is 5.46. The molecule has 0 amide bonds. The van der Waals surface area contributed by atoms with E-state index in [1.54, 1.807) is 12.4 Å². The number of nitrogen functional groups attached to an aromatic ring is 1. The molecule has 4 nitrogen and oxygen atoms in total. The molecule has 102 valence electrons. The topological polar surface area (TPSA) is 63.8 Å². The van der Waals surface area contributed by atoms with Gasteiger partial charge in [-0.05, 0) is 61.7 Å². The minimum absolute atomic E-state index is 0.527. The minimum Gasteiger partial charge on any atom is -0.396 e. The van der Waals surface area contributed by atoms with Crippen molar-refractivity contribution < 1.29 is 0 Å². The summed E-state index contributed by atoms with van der Waals surface area (Å²) in [5, 5.41) is 3.45. The average Bonchev–Trinajstić information content (AvgIpc) is 2.36. The summed E-state index contributed by atoms with van der Waals surface area (Å²) < 4.78 is 0. The minimum atomic E-state index is 0.527. The van der Waals surface area contributed by atoms with Crippen LogP contribution in [0.2, 0.25) is 0 Å². The van der Waals surface area contributed by atoms with Crippen LogP contribution in [0, 0.1) is 23.2 Å². The number of nitrogens with two attached hydrogens (primary N) is 1. The Hall–Kier alpha value is -1.32. The maximum Gasteiger partial charge on any atom is 0.222 e. The highest BCUT2D eigenvalue weighted by molar-refractivity contribution is 5.36. The van der Waals surface area contributed by atoms with Crippen LogP contribution in [0.5, 0.6) is 0 Å². The third kappa shape index (κ3) is 2.07. The van der Waals surface area contributed by atoms with Crippen molar-refractivity contribution in [2.24, 2.45) is 23.2 Å². The van der Waals surface area contributed by atoms with E-state index >= 15 is 0 Å². The van der Waals surface area contributed by atoms with Crippen LogP contribution >= 0.6 is 0 Å². The van der Waals surface area contributed by atoms with E-state index in [0.717, 1.165) is 30.2 Å². The smallest absolute Gasteiger partial charge is 0.222 e. The molecule has 1 aromatic heterocycles. The van der Waals surface area contributed by atoms with Gasteiger partial charge in [-0.2, -0.15) is 0 Å². The molecule has 0 spiro atoms. The number of aromatic nitrogens is 2. The van der Waals surface area contributed by atoms with Crippen LogP contribution in [0.4, 0.5) is 11.6 Å². The second kappa shape index (κ2) is 4.09. The average molecular weight is 258 g/mol. The van der Waals surface area contributed by atoms with Crippen LogP contribution in [0.3, 0.4) is 0 Å². The predicted molar refractivity (Wildman–Crippen MR) is 75.5 cm³/mol. The summed E-state index contributed by atoms with van der Waals surface area (Å²) in [6.07, 6.45) is 12.1. The summed E-state index contributed by atoms with van der Waals surface area (Å²) >= 11 is 0. The van der Waals surface area contributed by atoms with Crippen LogP contribution in [0.15, 0.2) is 12.4 Å². The highest BCUT2D eigenvalue weighted by Crippen LogP contribution is 2.59. The second-order valence-corrected chi connectivity index (χ2v) is 7.11. The first kappa shape index (κ1) is 11.5. The SMILES string of the molecule is Nc1cnc(NCC23CC4CC(CC(C4)C2)C3)nc1. The lowest BCUT2D eigenvalue weighted by Gasteiger charge is -2.56. The van der Waals surface area contributed by atoms with Crippen LogP contribution in [-0.2, 0) is 0 Å². The molecular weight excluding hydrogens is 236 g/mol. The Kier molecular flexibility index (Phi) is 2.47. The quantitative estimate of drug-likeness (QED) is 0.875. The molecular formula is C15H22N4. The Labute approximate surface area is 114 Å². The van der Waals surface area contributed by atoms with Crippen LogP contribution in [0.25, 0.3) is 0 Å². The summed E-state index contributed by atoms with van der Waals surface area (Å²) in [6, 6.07) is 0. The molecule has 19 heavy (non-hydrogen) atoms. The summed E-state index contributed by atoms with van der Waals surface area (Å²) in [4.78, 5) is 8.50. The van der Waals surface area contributed by atoms with E-state index in [2.05, 4.69) is 15.3 Å². The van der Waals surface area contributed by atoms with Crippen molar-refractivity contribution in [2.75, 3.05) is 17.6 Å². The van der Waals surface area contributed by atoms with E-state index in [-0.39, 0.29) is 0 Å². The van der Waals surface area contributed by atoms with E-state index in [0.29, 0.717) is 11.1 Å². The van der Waals surface area contributed by atoms with Gasteiger partial charge in [0.15, 0.2) is 0 Å². The summed E-state index contributed by atoms with van der Waals surface area (Å²) in [5.41, 5.74) is 6.77. The molecule has 4 aliphatic carbocycles. The van der Waals surface area contributed by atoms with Crippen molar-refractivity contribution in [3.05, 3.63) is 12.4 Å². The lowest BCUT2D eigenvalue weighted by molar-refractivity contribution is -0.0445. The lowest BCUT2D eigenvalue weighted by atomic mass is 9.49. The Morgan fingerprint density at radius 3 is 2.11 bits per heavy atom. The zero-order valence-electron chi connectivity index (χ0n) is 11.3. The van der Waals surface area contributed by atoms with Crippen molar-refractivity contribution in [3.8, 4) is 0 Å². The molecule has 0 radical (unpaired) electrons. The molecule has 4 aliphatic rings. The fourth-order valence-electron chi connectivity index (χ4n) is 5.20. The molecule has 4 heteroatoms. The number of hydrogen-bond donors (Lipinski definition) is 2. The van der Waals surface area contributed by atoms with E-state index in [1.807, 2.05) is 0 Å². The van der Waals surface area contributed by atoms with Gasteiger partial charge in [-0.15, -0.1) is 0 Å². The van der Waals surface area contributed by atoms with E-state index < -0.39 is 0 Å². The molecule has 0 unspecified atom stereocenters.